The van der Waals surface area contributed by atoms with Gasteiger partial charge in [-0.1, -0.05) is 78.9 Å². The van der Waals surface area contributed by atoms with E-state index in [1.54, 1.807) is 37.4 Å². The van der Waals surface area contributed by atoms with E-state index in [-0.39, 0.29) is 11.7 Å². The van der Waals surface area contributed by atoms with Gasteiger partial charge in [-0.25, -0.2) is 0 Å². The third-order valence-electron chi connectivity index (χ3n) is 5.16. The van der Waals surface area contributed by atoms with Gasteiger partial charge in [0.05, 0.1) is 13.2 Å². The number of fused-ring (bicyclic) bond motifs is 1. The lowest BCUT2D eigenvalue weighted by molar-refractivity contribution is 0.0944. The van der Waals surface area contributed by atoms with E-state index in [9.17, 15) is 9.90 Å². The summed E-state index contributed by atoms with van der Waals surface area (Å²) in [7, 11) is 1.57. The minimum absolute atomic E-state index is 0.132. The average molecular weight is 409 g/mol. The predicted molar refractivity (Wildman–Crippen MR) is 124 cm³/mol. The highest BCUT2D eigenvalue weighted by Crippen LogP contribution is 2.33. The number of rotatable bonds is 6. The molecule has 0 fully saturated rings. The van der Waals surface area contributed by atoms with E-state index in [2.05, 4.69) is 5.32 Å². The van der Waals surface area contributed by atoms with Crippen molar-refractivity contribution < 1.29 is 14.6 Å². The Bertz CT molecular complexity index is 1230. The summed E-state index contributed by atoms with van der Waals surface area (Å²) in [5.41, 5.74) is 2.14. The number of carbonyl (C=O) groups excluding carboxylic acids is 1. The topological polar surface area (TPSA) is 58.6 Å². The molecule has 0 saturated heterocycles. The molecule has 0 spiro atoms. The summed E-state index contributed by atoms with van der Waals surface area (Å²) in [6.45, 7) is 0. The number of phenols is 1. The molecule has 0 heterocycles. The first kappa shape index (κ1) is 20.2. The standard InChI is InChI=1S/C27H23NO3/c1-31-22-12-7-11-21(18-22)27(30)28-24(16-14-19-8-3-2-4-9-19)26-23-13-6-5-10-20(23)15-17-25(26)29/h2-18,24,29H,1H3,(H,28,30)/b16-14+/t24-/m1/s1. The molecule has 0 aliphatic heterocycles. The van der Waals surface area contributed by atoms with E-state index < -0.39 is 6.04 Å². The van der Waals surface area contributed by atoms with Crippen LogP contribution in [0.3, 0.4) is 0 Å². The number of hydrogen-bond acceptors (Lipinski definition) is 3. The fourth-order valence-corrected chi connectivity index (χ4v) is 3.59. The van der Waals surface area contributed by atoms with Crippen LogP contribution in [0.1, 0.15) is 27.5 Å². The van der Waals surface area contributed by atoms with E-state index in [1.165, 1.54) is 0 Å². The van der Waals surface area contributed by atoms with Gasteiger partial charge in [0.2, 0.25) is 0 Å². The van der Waals surface area contributed by atoms with Gasteiger partial charge in [-0.05, 0) is 40.6 Å². The molecule has 1 atom stereocenters. The summed E-state index contributed by atoms with van der Waals surface area (Å²) >= 11 is 0. The number of benzene rings is 4. The van der Waals surface area contributed by atoms with Crippen molar-refractivity contribution in [1.29, 1.82) is 0 Å². The second kappa shape index (κ2) is 9.18. The highest BCUT2D eigenvalue weighted by molar-refractivity contribution is 5.96. The van der Waals surface area contributed by atoms with Gasteiger partial charge in [-0.2, -0.15) is 0 Å². The van der Waals surface area contributed by atoms with Crippen molar-refractivity contribution >= 4 is 22.8 Å². The second-order valence-electron chi connectivity index (χ2n) is 7.17. The Balaban J connectivity index is 1.76. The molecule has 0 aromatic heterocycles. The van der Waals surface area contributed by atoms with Crippen LogP contribution < -0.4 is 10.1 Å². The quantitative estimate of drug-likeness (QED) is 0.427. The van der Waals surface area contributed by atoms with Crippen molar-refractivity contribution in [2.45, 2.75) is 6.04 Å². The smallest absolute Gasteiger partial charge is 0.252 e. The first-order valence-electron chi connectivity index (χ1n) is 10.0. The summed E-state index contributed by atoms with van der Waals surface area (Å²) < 4.78 is 5.24. The fourth-order valence-electron chi connectivity index (χ4n) is 3.59. The maximum Gasteiger partial charge on any atom is 0.252 e. The maximum atomic E-state index is 13.1. The molecular weight excluding hydrogens is 386 g/mol. The predicted octanol–water partition coefficient (Wildman–Crippen LogP) is 5.74. The normalized spacial score (nSPS) is 12.0. The van der Waals surface area contributed by atoms with E-state index in [4.69, 9.17) is 4.74 Å². The molecule has 4 nitrogen and oxygen atoms in total. The fraction of sp³-hybridized carbons (Fsp3) is 0.0741. The van der Waals surface area contributed by atoms with Crippen LogP contribution in [0.15, 0.2) is 97.1 Å². The molecular formula is C27H23NO3. The molecule has 0 radical (unpaired) electrons. The Morgan fingerprint density at radius 3 is 2.52 bits per heavy atom. The number of aromatic hydroxyl groups is 1. The minimum Gasteiger partial charge on any atom is -0.508 e. The van der Waals surface area contributed by atoms with Gasteiger partial charge in [0.25, 0.3) is 5.91 Å². The third-order valence-corrected chi connectivity index (χ3v) is 5.16. The summed E-state index contributed by atoms with van der Waals surface area (Å²) in [5.74, 6) is 0.485. The van der Waals surface area contributed by atoms with E-state index in [0.29, 0.717) is 16.9 Å². The molecule has 4 aromatic rings. The monoisotopic (exact) mass is 409 g/mol. The lowest BCUT2D eigenvalue weighted by atomic mass is 9.96. The minimum atomic E-state index is -0.537. The van der Waals surface area contributed by atoms with Crippen molar-refractivity contribution in [1.82, 2.24) is 5.32 Å². The molecule has 1 amide bonds. The van der Waals surface area contributed by atoms with Crippen LogP contribution in [0.25, 0.3) is 16.8 Å². The van der Waals surface area contributed by atoms with Gasteiger partial charge in [0, 0.05) is 11.1 Å². The van der Waals surface area contributed by atoms with Crippen LogP contribution in [0.2, 0.25) is 0 Å². The number of methoxy groups -OCH3 is 1. The maximum absolute atomic E-state index is 13.1. The molecule has 4 aromatic carbocycles. The Kier molecular flexibility index (Phi) is 5.99. The molecule has 4 rings (SSSR count). The van der Waals surface area contributed by atoms with Gasteiger partial charge in [-0.3, -0.25) is 4.79 Å². The second-order valence-corrected chi connectivity index (χ2v) is 7.17. The van der Waals surface area contributed by atoms with Gasteiger partial charge in [-0.15, -0.1) is 0 Å². The Labute approximate surface area is 181 Å². The van der Waals surface area contributed by atoms with Gasteiger partial charge in [0.15, 0.2) is 0 Å². The third kappa shape index (κ3) is 4.59. The van der Waals surface area contributed by atoms with Crippen LogP contribution in [0.4, 0.5) is 0 Å². The molecule has 31 heavy (non-hydrogen) atoms. The first-order chi connectivity index (χ1) is 15.2. The van der Waals surface area contributed by atoms with E-state index in [0.717, 1.165) is 16.3 Å². The lowest BCUT2D eigenvalue weighted by Crippen LogP contribution is -2.27. The summed E-state index contributed by atoms with van der Waals surface area (Å²) in [6, 6.07) is 27.6. The Morgan fingerprint density at radius 1 is 0.935 bits per heavy atom. The largest absolute Gasteiger partial charge is 0.508 e. The van der Waals surface area contributed by atoms with Crippen LogP contribution in [0, 0.1) is 0 Å². The van der Waals surface area contributed by atoms with Gasteiger partial charge in [0.1, 0.15) is 11.5 Å². The molecule has 4 heteroatoms. The zero-order valence-electron chi connectivity index (χ0n) is 17.2. The molecule has 0 aliphatic carbocycles. The summed E-state index contributed by atoms with van der Waals surface area (Å²) in [4.78, 5) is 13.1. The molecule has 0 saturated carbocycles. The van der Waals surface area contributed by atoms with E-state index >= 15 is 0 Å². The summed E-state index contributed by atoms with van der Waals surface area (Å²) in [6.07, 6.45) is 3.84. The SMILES string of the molecule is COc1cccc(C(=O)N[C@H](/C=C/c2ccccc2)c2c(O)ccc3ccccc23)c1. The lowest BCUT2D eigenvalue weighted by Gasteiger charge is -2.19. The number of nitrogens with one attached hydrogen (secondary N) is 1. The van der Waals surface area contributed by atoms with Crippen molar-refractivity contribution in [3.63, 3.8) is 0 Å². The van der Waals surface area contributed by atoms with Crippen molar-refractivity contribution in [3.05, 3.63) is 114 Å². The van der Waals surface area contributed by atoms with Crippen LogP contribution in [-0.4, -0.2) is 18.1 Å². The molecule has 0 bridgehead atoms. The number of phenolic OH excluding ortho intramolecular Hbond substituents is 1. The first-order valence-corrected chi connectivity index (χ1v) is 10.0. The molecule has 0 unspecified atom stereocenters. The van der Waals surface area contributed by atoms with Crippen molar-refractivity contribution in [2.75, 3.05) is 7.11 Å². The van der Waals surface area contributed by atoms with Crippen molar-refractivity contribution in [2.24, 2.45) is 0 Å². The number of carbonyl (C=O) groups is 1. The Hall–Kier alpha value is -4.05. The van der Waals surface area contributed by atoms with Gasteiger partial charge < -0.3 is 15.2 Å². The van der Waals surface area contributed by atoms with Crippen LogP contribution >= 0.6 is 0 Å². The van der Waals surface area contributed by atoms with Crippen LogP contribution in [0.5, 0.6) is 11.5 Å². The summed E-state index contributed by atoms with van der Waals surface area (Å²) in [5, 5.41) is 15.7. The zero-order valence-corrected chi connectivity index (χ0v) is 17.2. The highest BCUT2D eigenvalue weighted by atomic mass is 16.5. The molecule has 0 aliphatic rings. The highest BCUT2D eigenvalue weighted by Gasteiger charge is 2.19. The number of ether oxygens (including phenoxy) is 1. The zero-order chi connectivity index (χ0) is 21.6. The number of amides is 1. The molecule has 154 valence electrons. The average Bonchev–Trinajstić information content (AvgIpc) is 2.82. The van der Waals surface area contributed by atoms with Gasteiger partial charge >= 0.3 is 0 Å². The molecule has 2 N–H and O–H groups in total. The number of hydrogen-bond donors (Lipinski definition) is 2. The van der Waals surface area contributed by atoms with Crippen LogP contribution in [-0.2, 0) is 0 Å². The van der Waals surface area contributed by atoms with E-state index in [1.807, 2.05) is 72.8 Å². The van der Waals surface area contributed by atoms with Crippen molar-refractivity contribution in [3.8, 4) is 11.5 Å². The Morgan fingerprint density at radius 2 is 1.71 bits per heavy atom.